The van der Waals surface area contributed by atoms with Crippen LogP contribution >= 0.6 is 0 Å². The van der Waals surface area contributed by atoms with Crippen LogP contribution < -0.4 is 5.32 Å². The summed E-state index contributed by atoms with van der Waals surface area (Å²) < 4.78 is 4.61. The molecule has 0 saturated carbocycles. The van der Waals surface area contributed by atoms with Crippen LogP contribution in [-0.2, 0) is 14.3 Å². The molecule has 6 heteroatoms. The maximum Gasteiger partial charge on any atom is 0.246 e. The Kier molecular flexibility index (Phi) is 4.73. The van der Waals surface area contributed by atoms with Gasteiger partial charge in [-0.15, -0.1) is 0 Å². The molecular formula is C10H15N3O3. The predicted molar refractivity (Wildman–Crippen MR) is 55.2 cm³/mol. The van der Waals surface area contributed by atoms with E-state index in [9.17, 15) is 9.59 Å². The molecule has 0 spiro atoms. The standard InChI is InChI=1S/C10H15N3O3/c1-16-7-9(14)12-6-10(15)13-4-2-3-8(13)5-11/h8H,2-4,6-7H2,1H3,(H,12,14)/t8-/m0/s1. The second kappa shape index (κ2) is 6.08. The summed E-state index contributed by atoms with van der Waals surface area (Å²) in [6.45, 7) is 0.465. The highest BCUT2D eigenvalue weighted by molar-refractivity contribution is 5.85. The van der Waals surface area contributed by atoms with E-state index in [-0.39, 0.29) is 31.0 Å². The van der Waals surface area contributed by atoms with Gasteiger partial charge in [-0.3, -0.25) is 9.59 Å². The molecule has 0 aliphatic carbocycles. The fraction of sp³-hybridized carbons (Fsp3) is 0.700. The average molecular weight is 225 g/mol. The van der Waals surface area contributed by atoms with Gasteiger partial charge in [0.2, 0.25) is 11.8 Å². The van der Waals surface area contributed by atoms with E-state index in [0.29, 0.717) is 13.0 Å². The number of hydrogen-bond donors (Lipinski definition) is 1. The normalized spacial score (nSPS) is 19.2. The predicted octanol–water partition coefficient (Wildman–Crippen LogP) is -0.736. The molecule has 1 heterocycles. The van der Waals surface area contributed by atoms with Crippen LogP contribution in [-0.4, -0.2) is 49.6 Å². The number of nitrogens with one attached hydrogen (secondary N) is 1. The molecule has 1 saturated heterocycles. The average Bonchev–Trinajstić information content (AvgIpc) is 2.74. The smallest absolute Gasteiger partial charge is 0.246 e. The summed E-state index contributed by atoms with van der Waals surface area (Å²) in [4.78, 5) is 24.2. The molecular weight excluding hydrogens is 210 g/mol. The van der Waals surface area contributed by atoms with E-state index in [1.165, 1.54) is 12.0 Å². The minimum atomic E-state index is -0.341. The summed E-state index contributed by atoms with van der Waals surface area (Å²) in [6.07, 6.45) is 1.56. The zero-order valence-corrected chi connectivity index (χ0v) is 9.23. The highest BCUT2D eigenvalue weighted by Gasteiger charge is 2.28. The van der Waals surface area contributed by atoms with Gasteiger partial charge in [-0.25, -0.2) is 0 Å². The van der Waals surface area contributed by atoms with Crippen molar-refractivity contribution in [2.45, 2.75) is 18.9 Å². The second-order valence-electron chi connectivity index (χ2n) is 3.58. The SMILES string of the molecule is COCC(=O)NCC(=O)N1CCC[C@H]1C#N. The van der Waals surface area contributed by atoms with E-state index < -0.39 is 0 Å². The molecule has 1 fully saturated rings. The minimum absolute atomic E-state index is 0.0606. The largest absolute Gasteiger partial charge is 0.375 e. The van der Waals surface area contributed by atoms with Gasteiger partial charge in [-0.05, 0) is 12.8 Å². The Labute approximate surface area is 94.2 Å². The molecule has 1 N–H and O–H groups in total. The van der Waals surface area contributed by atoms with Crippen LogP contribution in [0.3, 0.4) is 0 Å². The van der Waals surface area contributed by atoms with E-state index in [1.54, 1.807) is 0 Å². The van der Waals surface area contributed by atoms with Crippen molar-refractivity contribution in [1.82, 2.24) is 10.2 Å². The van der Waals surface area contributed by atoms with Crippen molar-refractivity contribution in [3.05, 3.63) is 0 Å². The summed E-state index contributed by atoms with van der Waals surface area (Å²) in [5.41, 5.74) is 0. The van der Waals surface area contributed by atoms with E-state index >= 15 is 0 Å². The third-order valence-electron chi connectivity index (χ3n) is 2.43. The number of carbonyl (C=O) groups is 2. The number of likely N-dealkylation sites (tertiary alicyclic amines) is 1. The lowest BCUT2D eigenvalue weighted by Crippen LogP contribution is -2.42. The van der Waals surface area contributed by atoms with Crippen LogP contribution in [0.25, 0.3) is 0 Å². The molecule has 6 nitrogen and oxygen atoms in total. The Morgan fingerprint density at radius 1 is 1.62 bits per heavy atom. The number of nitriles is 1. The molecule has 1 rings (SSSR count). The zero-order chi connectivity index (χ0) is 12.0. The zero-order valence-electron chi connectivity index (χ0n) is 9.23. The lowest BCUT2D eigenvalue weighted by molar-refractivity contribution is -0.133. The Morgan fingerprint density at radius 2 is 2.38 bits per heavy atom. The quantitative estimate of drug-likeness (QED) is 0.683. The number of carbonyl (C=O) groups excluding carboxylic acids is 2. The third-order valence-corrected chi connectivity index (χ3v) is 2.43. The number of amides is 2. The minimum Gasteiger partial charge on any atom is -0.375 e. The molecule has 0 unspecified atom stereocenters. The number of methoxy groups -OCH3 is 1. The first kappa shape index (κ1) is 12.5. The van der Waals surface area contributed by atoms with Crippen molar-refractivity contribution in [3.8, 4) is 6.07 Å². The van der Waals surface area contributed by atoms with Crippen LogP contribution in [0, 0.1) is 11.3 Å². The Bertz CT molecular complexity index is 311. The summed E-state index contributed by atoms with van der Waals surface area (Å²) in [6, 6.07) is 1.73. The van der Waals surface area contributed by atoms with E-state index in [0.717, 1.165) is 6.42 Å². The number of ether oxygens (including phenoxy) is 1. The van der Waals surface area contributed by atoms with Crippen molar-refractivity contribution in [2.75, 3.05) is 26.8 Å². The molecule has 16 heavy (non-hydrogen) atoms. The first-order valence-electron chi connectivity index (χ1n) is 5.13. The van der Waals surface area contributed by atoms with Crippen LogP contribution in [0.1, 0.15) is 12.8 Å². The first-order chi connectivity index (χ1) is 7.69. The number of hydrogen-bond acceptors (Lipinski definition) is 4. The van der Waals surface area contributed by atoms with Gasteiger partial charge < -0.3 is 15.0 Å². The van der Waals surface area contributed by atoms with Gasteiger partial charge in [0.25, 0.3) is 0 Å². The maximum absolute atomic E-state index is 11.6. The monoisotopic (exact) mass is 225 g/mol. The second-order valence-corrected chi connectivity index (χ2v) is 3.58. The molecule has 1 aliphatic rings. The molecule has 1 atom stereocenters. The molecule has 0 bridgehead atoms. The highest BCUT2D eigenvalue weighted by atomic mass is 16.5. The summed E-state index contributed by atoms with van der Waals surface area (Å²) in [7, 11) is 1.41. The fourth-order valence-corrected chi connectivity index (χ4v) is 1.66. The topological polar surface area (TPSA) is 82.4 Å². The van der Waals surface area contributed by atoms with Crippen molar-refractivity contribution in [3.63, 3.8) is 0 Å². The van der Waals surface area contributed by atoms with Crippen LogP contribution in [0.15, 0.2) is 0 Å². The summed E-state index contributed by atoms with van der Waals surface area (Å²) in [5, 5.41) is 11.2. The van der Waals surface area contributed by atoms with Crippen LogP contribution in [0.2, 0.25) is 0 Å². The van der Waals surface area contributed by atoms with E-state index in [1.807, 2.05) is 0 Å². The third kappa shape index (κ3) is 3.21. The van der Waals surface area contributed by atoms with Gasteiger partial charge in [0.15, 0.2) is 0 Å². The van der Waals surface area contributed by atoms with Gasteiger partial charge in [0.05, 0.1) is 12.6 Å². The molecule has 0 aromatic carbocycles. The van der Waals surface area contributed by atoms with Crippen molar-refractivity contribution >= 4 is 11.8 Å². The van der Waals surface area contributed by atoms with Gasteiger partial charge in [0, 0.05) is 13.7 Å². The van der Waals surface area contributed by atoms with Crippen molar-refractivity contribution in [1.29, 1.82) is 5.26 Å². The van der Waals surface area contributed by atoms with Crippen molar-refractivity contribution in [2.24, 2.45) is 0 Å². The van der Waals surface area contributed by atoms with Gasteiger partial charge in [-0.1, -0.05) is 0 Å². The van der Waals surface area contributed by atoms with Crippen LogP contribution in [0.5, 0.6) is 0 Å². The van der Waals surface area contributed by atoms with E-state index in [4.69, 9.17) is 5.26 Å². The highest BCUT2D eigenvalue weighted by Crippen LogP contribution is 2.15. The van der Waals surface area contributed by atoms with Crippen LogP contribution in [0.4, 0.5) is 0 Å². The molecule has 1 aliphatic heterocycles. The molecule has 88 valence electrons. The molecule has 2 amide bonds. The van der Waals surface area contributed by atoms with Gasteiger partial charge in [-0.2, -0.15) is 5.26 Å². The Balaban J connectivity index is 2.35. The molecule has 0 aromatic heterocycles. The number of nitrogens with zero attached hydrogens (tertiary/aromatic N) is 2. The summed E-state index contributed by atoms with van der Waals surface area (Å²) in [5.74, 6) is -0.544. The first-order valence-corrected chi connectivity index (χ1v) is 5.13. The fourth-order valence-electron chi connectivity index (χ4n) is 1.66. The van der Waals surface area contributed by atoms with Crippen molar-refractivity contribution < 1.29 is 14.3 Å². The molecule has 0 radical (unpaired) electrons. The van der Waals surface area contributed by atoms with Gasteiger partial charge >= 0.3 is 0 Å². The Hall–Kier alpha value is -1.61. The lowest BCUT2D eigenvalue weighted by atomic mass is 10.2. The van der Waals surface area contributed by atoms with E-state index in [2.05, 4.69) is 16.1 Å². The number of rotatable bonds is 4. The Morgan fingerprint density at radius 3 is 3.00 bits per heavy atom. The lowest BCUT2D eigenvalue weighted by Gasteiger charge is -2.19. The maximum atomic E-state index is 11.6. The van der Waals surface area contributed by atoms with Gasteiger partial charge in [0.1, 0.15) is 12.6 Å². The molecule has 0 aromatic rings. The summed E-state index contributed by atoms with van der Waals surface area (Å²) >= 11 is 0.